The molecule has 0 heterocycles. The van der Waals surface area contributed by atoms with Crippen LogP contribution in [-0.4, -0.2) is 6.29 Å². The lowest BCUT2D eigenvalue weighted by Crippen LogP contribution is -2.27. The van der Waals surface area contributed by atoms with Crippen molar-refractivity contribution in [2.24, 2.45) is 0 Å². The number of nitriles is 1. The van der Waals surface area contributed by atoms with Crippen molar-refractivity contribution >= 4 is 29.5 Å². The molecule has 4 heteroatoms. The lowest BCUT2D eigenvalue weighted by molar-refractivity contribution is -0.108. The van der Waals surface area contributed by atoms with Gasteiger partial charge in [-0.05, 0) is 48.2 Å². The highest BCUT2D eigenvalue weighted by Gasteiger charge is 2.32. The minimum absolute atomic E-state index is 0.337. The zero-order valence-corrected chi connectivity index (χ0v) is 13.4. The monoisotopic (exact) mass is 331 g/mol. The molecule has 0 aliphatic rings. The summed E-state index contributed by atoms with van der Waals surface area (Å²) in [5, 5.41) is 11.1. The summed E-state index contributed by atoms with van der Waals surface area (Å²) in [6, 6.07) is 17.1. The molecule has 0 aliphatic heterocycles. The van der Waals surface area contributed by atoms with Gasteiger partial charge in [-0.25, -0.2) is 0 Å². The third kappa shape index (κ3) is 3.88. The molecule has 1 atom stereocenters. The van der Waals surface area contributed by atoms with Gasteiger partial charge in [0, 0.05) is 16.5 Å². The highest BCUT2D eigenvalue weighted by molar-refractivity contribution is 6.30. The molecule has 0 saturated carbocycles. The van der Waals surface area contributed by atoms with E-state index < -0.39 is 5.41 Å². The number of rotatable bonds is 6. The average molecular weight is 332 g/mol. The van der Waals surface area contributed by atoms with Crippen LogP contribution in [0.25, 0.3) is 0 Å². The van der Waals surface area contributed by atoms with Gasteiger partial charge in [-0.3, -0.25) is 0 Å². The first-order valence-electron chi connectivity index (χ1n) is 6.95. The maximum Gasteiger partial charge on any atom is 0.120 e. The van der Waals surface area contributed by atoms with Crippen molar-refractivity contribution in [2.45, 2.75) is 24.7 Å². The first-order valence-corrected chi connectivity index (χ1v) is 7.70. The lowest BCUT2D eigenvalue weighted by atomic mass is 9.73. The number of carbonyl (C=O) groups is 1. The Morgan fingerprint density at radius 1 is 1.00 bits per heavy atom. The fourth-order valence-corrected chi connectivity index (χ4v) is 2.77. The van der Waals surface area contributed by atoms with Gasteiger partial charge in [0.15, 0.2) is 0 Å². The second-order valence-electron chi connectivity index (χ2n) is 5.21. The minimum Gasteiger partial charge on any atom is -0.303 e. The number of hydrogen-bond donors (Lipinski definition) is 0. The molecule has 0 saturated heterocycles. The van der Waals surface area contributed by atoms with Crippen molar-refractivity contribution < 1.29 is 4.79 Å². The summed E-state index contributed by atoms with van der Waals surface area (Å²) >= 11 is 11.8. The second-order valence-corrected chi connectivity index (χ2v) is 6.08. The molecule has 0 bridgehead atoms. The van der Waals surface area contributed by atoms with Crippen molar-refractivity contribution in [1.82, 2.24) is 0 Å². The van der Waals surface area contributed by atoms with Crippen LogP contribution in [0.15, 0.2) is 48.5 Å². The van der Waals surface area contributed by atoms with Gasteiger partial charge in [0.2, 0.25) is 0 Å². The Kier molecular flexibility index (Phi) is 5.60. The largest absolute Gasteiger partial charge is 0.303 e. The van der Waals surface area contributed by atoms with Gasteiger partial charge in [0.1, 0.15) is 6.29 Å². The van der Waals surface area contributed by atoms with Gasteiger partial charge in [0.05, 0.1) is 11.5 Å². The van der Waals surface area contributed by atoms with E-state index in [2.05, 4.69) is 6.07 Å². The molecule has 0 fully saturated rings. The van der Waals surface area contributed by atoms with E-state index >= 15 is 0 Å². The Balaban J connectivity index is 2.39. The summed E-state index contributed by atoms with van der Waals surface area (Å²) in [5.74, 6) is 0. The van der Waals surface area contributed by atoms with Gasteiger partial charge < -0.3 is 4.79 Å². The van der Waals surface area contributed by atoms with Gasteiger partial charge in [-0.1, -0.05) is 47.5 Å². The van der Waals surface area contributed by atoms with Crippen molar-refractivity contribution in [3.63, 3.8) is 0 Å². The molecule has 2 aromatic rings. The van der Waals surface area contributed by atoms with Crippen LogP contribution in [0.2, 0.25) is 10.0 Å². The third-order valence-electron chi connectivity index (χ3n) is 3.72. The first kappa shape index (κ1) is 16.5. The van der Waals surface area contributed by atoms with E-state index in [1.165, 1.54) is 0 Å². The molecule has 0 spiro atoms. The Morgan fingerprint density at radius 2 is 1.55 bits per heavy atom. The molecule has 0 radical (unpaired) electrons. The molecule has 0 N–H and O–H groups in total. The maximum absolute atomic E-state index is 10.8. The lowest BCUT2D eigenvalue weighted by Gasteiger charge is -2.27. The van der Waals surface area contributed by atoms with E-state index in [-0.39, 0.29) is 0 Å². The summed E-state index contributed by atoms with van der Waals surface area (Å²) in [7, 11) is 0. The van der Waals surface area contributed by atoms with Crippen LogP contribution in [0, 0.1) is 11.3 Å². The van der Waals surface area contributed by atoms with E-state index in [9.17, 15) is 10.1 Å². The number of benzene rings is 2. The molecule has 2 aromatic carbocycles. The molecule has 0 amide bonds. The minimum atomic E-state index is -0.751. The number of halogens is 2. The fourth-order valence-electron chi connectivity index (χ4n) is 2.52. The quantitative estimate of drug-likeness (QED) is 0.700. The van der Waals surface area contributed by atoms with E-state index in [0.717, 1.165) is 17.4 Å². The van der Waals surface area contributed by atoms with Crippen LogP contribution in [0.5, 0.6) is 0 Å². The molecule has 1 unspecified atom stereocenters. The number of carbonyl (C=O) groups excluding carboxylic acids is 1. The molecule has 0 aromatic heterocycles. The highest BCUT2D eigenvalue weighted by Crippen LogP contribution is 2.33. The average Bonchev–Trinajstić information content (AvgIpc) is 2.54. The summed E-state index contributed by atoms with van der Waals surface area (Å²) in [6.07, 6.45) is 2.18. The van der Waals surface area contributed by atoms with Crippen molar-refractivity contribution in [3.05, 3.63) is 69.7 Å². The molecule has 112 valence electrons. The van der Waals surface area contributed by atoms with Crippen LogP contribution in [0.4, 0.5) is 0 Å². The Bertz CT molecular complexity index is 674. The van der Waals surface area contributed by atoms with E-state index in [4.69, 9.17) is 23.2 Å². The van der Waals surface area contributed by atoms with Crippen LogP contribution >= 0.6 is 23.2 Å². The molecule has 2 rings (SSSR count). The summed E-state index contributed by atoms with van der Waals surface area (Å²) in [6.45, 7) is 0. The van der Waals surface area contributed by atoms with Crippen LogP contribution in [0.1, 0.15) is 24.0 Å². The predicted molar refractivity (Wildman–Crippen MR) is 89.2 cm³/mol. The Labute approximate surface area is 140 Å². The Hall–Kier alpha value is -1.82. The van der Waals surface area contributed by atoms with E-state index in [1.54, 1.807) is 24.3 Å². The molecular formula is C18H15Cl2NO. The predicted octanol–water partition coefficient (Wildman–Crippen LogP) is 4.98. The van der Waals surface area contributed by atoms with Crippen molar-refractivity contribution in [1.29, 1.82) is 5.26 Å². The maximum atomic E-state index is 10.8. The van der Waals surface area contributed by atoms with Gasteiger partial charge in [-0.2, -0.15) is 5.26 Å². The van der Waals surface area contributed by atoms with Crippen LogP contribution in [-0.2, 0) is 16.6 Å². The third-order valence-corrected chi connectivity index (χ3v) is 4.22. The van der Waals surface area contributed by atoms with Gasteiger partial charge in [-0.15, -0.1) is 0 Å². The molecular weight excluding hydrogens is 317 g/mol. The van der Waals surface area contributed by atoms with E-state index in [1.807, 2.05) is 24.3 Å². The van der Waals surface area contributed by atoms with Gasteiger partial charge in [0.25, 0.3) is 0 Å². The Morgan fingerprint density at radius 3 is 2.05 bits per heavy atom. The zero-order chi connectivity index (χ0) is 16.0. The topological polar surface area (TPSA) is 40.9 Å². The van der Waals surface area contributed by atoms with E-state index in [0.29, 0.717) is 29.3 Å². The number of aldehydes is 1. The molecule has 2 nitrogen and oxygen atoms in total. The summed E-state index contributed by atoms with van der Waals surface area (Å²) in [5.41, 5.74) is 1.13. The standard InChI is InChI=1S/C18H15Cl2NO/c19-16-6-2-14(3-7-16)12-18(13-21,10-1-11-22)15-4-8-17(20)9-5-15/h2-9,11H,1,10,12H2. The SMILES string of the molecule is N#CC(CCC=O)(Cc1ccc(Cl)cc1)c1ccc(Cl)cc1. The van der Waals surface area contributed by atoms with Crippen LogP contribution < -0.4 is 0 Å². The molecule has 0 aliphatic carbocycles. The second kappa shape index (κ2) is 7.45. The van der Waals surface area contributed by atoms with Crippen LogP contribution in [0.3, 0.4) is 0 Å². The summed E-state index contributed by atoms with van der Waals surface area (Å²) < 4.78 is 0. The smallest absolute Gasteiger partial charge is 0.120 e. The van der Waals surface area contributed by atoms with Crippen molar-refractivity contribution in [2.75, 3.05) is 0 Å². The first-order chi connectivity index (χ1) is 10.6. The highest BCUT2D eigenvalue weighted by atomic mass is 35.5. The molecule has 22 heavy (non-hydrogen) atoms. The van der Waals surface area contributed by atoms with Crippen molar-refractivity contribution in [3.8, 4) is 6.07 Å². The number of nitrogens with zero attached hydrogens (tertiary/aromatic N) is 1. The zero-order valence-electron chi connectivity index (χ0n) is 11.9. The van der Waals surface area contributed by atoms with Gasteiger partial charge >= 0.3 is 0 Å². The normalized spacial score (nSPS) is 13.1. The summed E-state index contributed by atoms with van der Waals surface area (Å²) in [4.78, 5) is 10.8. The fraction of sp³-hybridized carbons (Fsp3) is 0.222. The number of hydrogen-bond acceptors (Lipinski definition) is 2.